The molecule has 0 aliphatic rings. The highest BCUT2D eigenvalue weighted by Gasteiger charge is 1.92. The molecule has 0 saturated heterocycles. The maximum atomic E-state index is 5.62. The molecular weight excluding hydrogens is 302 g/mol. The summed E-state index contributed by atoms with van der Waals surface area (Å²) in [5, 5.41) is 0. The van der Waals surface area contributed by atoms with Gasteiger partial charge in [-0.25, -0.2) is 0 Å². The minimum absolute atomic E-state index is 0.845. The number of hydrogen-bond donors (Lipinski definition) is 0. The molecule has 0 aliphatic heterocycles. The van der Waals surface area contributed by atoms with Gasteiger partial charge < -0.3 is 0 Å². The van der Waals surface area contributed by atoms with Gasteiger partial charge in [0, 0.05) is 18.3 Å². The van der Waals surface area contributed by atoms with Crippen molar-refractivity contribution < 1.29 is 0 Å². The fourth-order valence-electron chi connectivity index (χ4n) is 2.55. The van der Waals surface area contributed by atoms with Gasteiger partial charge in [0.2, 0.25) is 0 Å². The number of unbranched alkanes of at least 4 members (excludes halogenated alkanes) is 11. The summed E-state index contributed by atoms with van der Waals surface area (Å²) in [6.07, 6.45) is 21.6. The van der Waals surface area contributed by atoms with E-state index in [1.165, 1.54) is 82.6 Å². The molecule has 0 spiro atoms. The van der Waals surface area contributed by atoms with E-state index in [2.05, 4.69) is 18.8 Å². The second-order valence-corrected chi connectivity index (χ2v) is 6.67. The minimum Gasteiger partial charge on any atom is -0.265 e. The van der Waals surface area contributed by atoms with Crippen molar-refractivity contribution in [2.24, 2.45) is 0 Å². The Balaban J connectivity index is 0.000000502. The SMILES string of the molecule is CCCCCCCCCCCCCCCl.CCc1ccncc1. The van der Waals surface area contributed by atoms with Crippen molar-refractivity contribution in [3.8, 4) is 0 Å². The van der Waals surface area contributed by atoms with Crippen LogP contribution in [-0.4, -0.2) is 10.9 Å². The van der Waals surface area contributed by atoms with Gasteiger partial charge in [-0.3, -0.25) is 4.98 Å². The number of halogens is 1. The lowest BCUT2D eigenvalue weighted by molar-refractivity contribution is 0.548. The first kappa shape index (κ1) is 22.4. The van der Waals surface area contributed by atoms with Crippen LogP contribution in [0.15, 0.2) is 24.5 Å². The summed E-state index contributed by atoms with van der Waals surface area (Å²) in [5.74, 6) is 0.845. The molecule has 0 bridgehead atoms. The smallest absolute Gasteiger partial charge is 0.0270 e. The van der Waals surface area contributed by atoms with Crippen molar-refractivity contribution in [2.75, 3.05) is 5.88 Å². The molecule has 0 fully saturated rings. The second-order valence-electron chi connectivity index (χ2n) is 6.29. The third kappa shape index (κ3) is 17.6. The predicted molar refractivity (Wildman–Crippen MR) is 105 cm³/mol. The molecule has 1 aromatic heterocycles. The van der Waals surface area contributed by atoms with E-state index in [1.807, 2.05) is 24.5 Å². The van der Waals surface area contributed by atoms with Crippen LogP contribution in [0.2, 0.25) is 0 Å². The zero-order valence-electron chi connectivity index (χ0n) is 15.5. The van der Waals surface area contributed by atoms with Crippen molar-refractivity contribution in [1.82, 2.24) is 4.98 Å². The first-order valence-electron chi connectivity index (χ1n) is 9.80. The predicted octanol–water partition coefficient (Wildman–Crippen LogP) is 7.57. The zero-order valence-corrected chi connectivity index (χ0v) is 16.3. The highest BCUT2D eigenvalue weighted by molar-refractivity contribution is 6.17. The van der Waals surface area contributed by atoms with Gasteiger partial charge in [-0.1, -0.05) is 84.5 Å². The summed E-state index contributed by atoms with van der Waals surface area (Å²) >= 11 is 5.62. The van der Waals surface area contributed by atoms with Crippen LogP contribution in [0.25, 0.3) is 0 Å². The largest absolute Gasteiger partial charge is 0.265 e. The van der Waals surface area contributed by atoms with E-state index in [9.17, 15) is 0 Å². The molecule has 0 aliphatic carbocycles. The van der Waals surface area contributed by atoms with Crippen molar-refractivity contribution >= 4 is 11.6 Å². The Morgan fingerprint density at radius 3 is 1.48 bits per heavy atom. The van der Waals surface area contributed by atoms with Gasteiger partial charge in [-0.05, 0) is 30.5 Å². The first-order valence-corrected chi connectivity index (χ1v) is 10.3. The molecule has 0 atom stereocenters. The average molecular weight is 340 g/mol. The Morgan fingerprint density at radius 1 is 0.696 bits per heavy atom. The lowest BCUT2D eigenvalue weighted by Gasteiger charge is -2.01. The van der Waals surface area contributed by atoms with E-state index in [4.69, 9.17) is 11.6 Å². The van der Waals surface area contributed by atoms with E-state index in [-0.39, 0.29) is 0 Å². The van der Waals surface area contributed by atoms with Crippen LogP contribution in [0.5, 0.6) is 0 Å². The molecular formula is C21H38ClN. The molecule has 1 heterocycles. The molecule has 1 aromatic rings. The van der Waals surface area contributed by atoms with Gasteiger partial charge in [0.1, 0.15) is 0 Å². The van der Waals surface area contributed by atoms with Crippen LogP contribution < -0.4 is 0 Å². The van der Waals surface area contributed by atoms with Crippen LogP contribution in [-0.2, 0) is 6.42 Å². The Hall–Kier alpha value is -0.560. The maximum Gasteiger partial charge on any atom is 0.0270 e. The Morgan fingerprint density at radius 2 is 1.13 bits per heavy atom. The molecule has 0 unspecified atom stereocenters. The summed E-state index contributed by atoms with van der Waals surface area (Å²) in [6, 6.07) is 4.06. The molecule has 0 amide bonds. The molecule has 0 radical (unpaired) electrons. The topological polar surface area (TPSA) is 12.9 Å². The van der Waals surface area contributed by atoms with Gasteiger partial charge in [0.05, 0.1) is 0 Å². The van der Waals surface area contributed by atoms with Gasteiger partial charge in [0.15, 0.2) is 0 Å². The molecule has 134 valence electrons. The maximum absolute atomic E-state index is 5.62. The quantitative estimate of drug-likeness (QED) is 0.266. The van der Waals surface area contributed by atoms with Crippen LogP contribution in [0, 0.1) is 0 Å². The van der Waals surface area contributed by atoms with Crippen LogP contribution >= 0.6 is 11.6 Å². The third-order valence-electron chi connectivity index (χ3n) is 4.14. The number of aromatic nitrogens is 1. The normalized spacial score (nSPS) is 10.2. The van der Waals surface area contributed by atoms with Crippen molar-refractivity contribution in [3.63, 3.8) is 0 Å². The summed E-state index contributed by atoms with van der Waals surface area (Å²) in [4.78, 5) is 3.89. The van der Waals surface area contributed by atoms with Gasteiger partial charge in [0.25, 0.3) is 0 Å². The molecule has 23 heavy (non-hydrogen) atoms. The lowest BCUT2D eigenvalue weighted by Crippen LogP contribution is -1.82. The number of nitrogens with zero attached hydrogens (tertiary/aromatic N) is 1. The molecule has 0 aromatic carbocycles. The Kier molecular flexibility index (Phi) is 19.0. The number of aryl methyl sites for hydroxylation is 1. The number of rotatable bonds is 13. The van der Waals surface area contributed by atoms with E-state index >= 15 is 0 Å². The summed E-state index contributed by atoms with van der Waals surface area (Å²) in [7, 11) is 0. The third-order valence-corrected chi connectivity index (χ3v) is 4.41. The number of hydrogen-bond acceptors (Lipinski definition) is 1. The van der Waals surface area contributed by atoms with E-state index in [0.717, 1.165) is 12.3 Å². The first-order chi connectivity index (χ1) is 11.3. The minimum atomic E-state index is 0.845. The van der Waals surface area contributed by atoms with Crippen LogP contribution in [0.4, 0.5) is 0 Å². The molecule has 0 N–H and O–H groups in total. The molecule has 0 saturated carbocycles. The monoisotopic (exact) mass is 339 g/mol. The van der Waals surface area contributed by atoms with E-state index in [1.54, 1.807) is 0 Å². The van der Waals surface area contributed by atoms with E-state index < -0.39 is 0 Å². The Labute approximate surface area is 150 Å². The highest BCUT2D eigenvalue weighted by atomic mass is 35.5. The lowest BCUT2D eigenvalue weighted by atomic mass is 10.1. The second kappa shape index (κ2) is 19.5. The van der Waals surface area contributed by atoms with Crippen LogP contribution in [0.1, 0.15) is 96.5 Å². The number of alkyl halides is 1. The number of pyridine rings is 1. The zero-order chi connectivity index (χ0) is 17.0. The van der Waals surface area contributed by atoms with E-state index in [0.29, 0.717) is 0 Å². The fraction of sp³-hybridized carbons (Fsp3) is 0.762. The average Bonchev–Trinajstić information content (AvgIpc) is 2.61. The summed E-state index contributed by atoms with van der Waals surface area (Å²) < 4.78 is 0. The molecule has 2 heteroatoms. The van der Waals surface area contributed by atoms with Crippen LogP contribution in [0.3, 0.4) is 0 Å². The molecule has 1 rings (SSSR count). The summed E-state index contributed by atoms with van der Waals surface area (Å²) in [6.45, 7) is 4.41. The van der Waals surface area contributed by atoms with Gasteiger partial charge in [-0.2, -0.15) is 0 Å². The Bertz CT molecular complexity index is 301. The van der Waals surface area contributed by atoms with Crippen molar-refractivity contribution in [2.45, 2.75) is 97.3 Å². The van der Waals surface area contributed by atoms with Gasteiger partial charge in [-0.15, -0.1) is 11.6 Å². The standard InChI is InChI=1S/C14H29Cl.C7H9N/c1-2-3-4-5-6-7-8-9-10-11-12-13-14-15;1-2-7-3-5-8-6-4-7/h2-14H2,1H3;3-6H,2H2,1H3. The van der Waals surface area contributed by atoms with Gasteiger partial charge >= 0.3 is 0 Å². The van der Waals surface area contributed by atoms with Crippen molar-refractivity contribution in [3.05, 3.63) is 30.1 Å². The van der Waals surface area contributed by atoms with Crippen molar-refractivity contribution in [1.29, 1.82) is 0 Å². The fourth-order valence-corrected chi connectivity index (χ4v) is 2.74. The summed E-state index contributed by atoms with van der Waals surface area (Å²) in [5.41, 5.74) is 1.35. The molecule has 1 nitrogen and oxygen atoms in total. The highest BCUT2D eigenvalue weighted by Crippen LogP contribution is 2.11.